The number of rotatable bonds is 3. The first-order valence-electron chi connectivity index (χ1n) is 6.93. The molecule has 2 aliphatic rings. The Bertz CT molecular complexity index is 593. The van der Waals surface area contributed by atoms with Crippen molar-refractivity contribution in [3.63, 3.8) is 0 Å². The molecule has 2 saturated heterocycles. The van der Waals surface area contributed by atoms with E-state index in [1.165, 1.54) is 18.7 Å². The van der Waals surface area contributed by atoms with Crippen LogP contribution in [0.3, 0.4) is 0 Å². The number of nitrogens with zero attached hydrogens (tertiary/aromatic N) is 2. The molecule has 0 amide bonds. The smallest absolute Gasteiger partial charge is 0.261 e. The molecule has 1 N–H and O–H groups in total. The van der Waals surface area contributed by atoms with Gasteiger partial charge in [-0.1, -0.05) is 0 Å². The Morgan fingerprint density at radius 1 is 1.35 bits per heavy atom. The molecular formula is C13H18FN3O2S. The third-order valence-electron chi connectivity index (χ3n) is 4.12. The molecular weight excluding hydrogens is 281 g/mol. The number of nitrogens with one attached hydrogen (secondary N) is 1. The monoisotopic (exact) mass is 299 g/mol. The van der Waals surface area contributed by atoms with Crippen molar-refractivity contribution in [1.29, 1.82) is 0 Å². The molecule has 2 aliphatic heterocycles. The van der Waals surface area contributed by atoms with Crippen LogP contribution in [0, 0.1) is 5.82 Å². The number of piperidine rings is 1. The van der Waals surface area contributed by atoms with E-state index in [1.807, 2.05) is 0 Å². The Hall–Kier alpha value is -1.05. The molecule has 3 heterocycles. The SMILES string of the molecule is O=S(=O)(NC1CCN2CCCC2C1)c1ncccc1F. The van der Waals surface area contributed by atoms with Crippen LogP contribution in [0.5, 0.6) is 0 Å². The van der Waals surface area contributed by atoms with Gasteiger partial charge in [0.05, 0.1) is 0 Å². The van der Waals surface area contributed by atoms with E-state index in [4.69, 9.17) is 0 Å². The lowest BCUT2D eigenvalue weighted by Crippen LogP contribution is -2.47. The molecule has 0 radical (unpaired) electrons. The van der Waals surface area contributed by atoms with Crippen LogP contribution in [-0.2, 0) is 10.0 Å². The molecule has 7 heteroatoms. The van der Waals surface area contributed by atoms with E-state index in [9.17, 15) is 12.8 Å². The number of pyridine rings is 1. The second kappa shape index (κ2) is 5.38. The Kier molecular flexibility index (Phi) is 3.74. The summed E-state index contributed by atoms with van der Waals surface area (Å²) >= 11 is 0. The third kappa shape index (κ3) is 2.70. The van der Waals surface area contributed by atoms with Crippen molar-refractivity contribution in [3.05, 3.63) is 24.1 Å². The molecule has 110 valence electrons. The highest BCUT2D eigenvalue weighted by Gasteiger charge is 2.34. The van der Waals surface area contributed by atoms with Crippen molar-refractivity contribution < 1.29 is 12.8 Å². The zero-order chi connectivity index (χ0) is 14.2. The molecule has 20 heavy (non-hydrogen) atoms. The summed E-state index contributed by atoms with van der Waals surface area (Å²) in [5, 5.41) is -0.506. The first-order chi connectivity index (χ1) is 9.56. The topological polar surface area (TPSA) is 62.3 Å². The largest absolute Gasteiger partial charge is 0.300 e. The van der Waals surface area contributed by atoms with Gasteiger partial charge in [0.25, 0.3) is 10.0 Å². The fraction of sp³-hybridized carbons (Fsp3) is 0.615. The highest BCUT2D eigenvalue weighted by Crippen LogP contribution is 2.27. The molecule has 1 aromatic heterocycles. The maximum absolute atomic E-state index is 13.6. The maximum atomic E-state index is 13.6. The highest BCUT2D eigenvalue weighted by atomic mass is 32.2. The molecule has 0 saturated carbocycles. The molecule has 0 spiro atoms. The summed E-state index contributed by atoms with van der Waals surface area (Å²) in [6, 6.07) is 2.83. The second-order valence-electron chi connectivity index (χ2n) is 5.46. The predicted octanol–water partition coefficient (Wildman–Crippen LogP) is 1.13. The minimum absolute atomic E-state index is 0.124. The van der Waals surface area contributed by atoms with Gasteiger partial charge in [-0.2, -0.15) is 0 Å². The quantitative estimate of drug-likeness (QED) is 0.909. The zero-order valence-electron chi connectivity index (χ0n) is 11.1. The van der Waals surface area contributed by atoms with Crippen molar-refractivity contribution >= 4 is 10.0 Å². The van der Waals surface area contributed by atoms with Crippen LogP contribution >= 0.6 is 0 Å². The highest BCUT2D eigenvalue weighted by molar-refractivity contribution is 7.89. The summed E-state index contributed by atoms with van der Waals surface area (Å²) in [7, 11) is -3.87. The van der Waals surface area contributed by atoms with Crippen LogP contribution in [-0.4, -0.2) is 43.5 Å². The molecule has 0 aliphatic carbocycles. The lowest BCUT2D eigenvalue weighted by Gasteiger charge is -2.34. The van der Waals surface area contributed by atoms with Gasteiger partial charge in [0.15, 0.2) is 5.82 Å². The Morgan fingerprint density at radius 3 is 3.00 bits per heavy atom. The first-order valence-corrected chi connectivity index (χ1v) is 8.41. The van der Waals surface area contributed by atoms with E-state index < -0.39 is 20.9 Å². The van der Waals surface area contributed by atoms with Gasteiger partial charge < -0.3 is 4.90 Å². The standard InChI is InChI=1S/C13H18FN3O2S/c14-12-4-1-6-15-13(12)20(18,19)16-10-5-8-17-7-2-3-11(17)9-10/h1,4,6,10-11,16H,2-3,5,7-9H2. The van der Waals surface area contributed by atoms with Crippen molar-refractivity contribution in [2.45, 2.75) is 42.8 Å². The third-order valence-corrected chi connectivity index (χ3v) is 5.57. The van der Waals surface area contributed by atoms with Crippen LogP contribution < -0.4 is 4.72 Å². The Balaban J connectivity index is 1.72. The summed E-state index contributed by atoms with van der Waals surface area (Å²) in [4.78, 5) is 6.05. The van der Waals surface area contributed by atoms with E-state index in [0.717, 1.165) is 38.4 Å². The predicted molar refractivity (Wildman–Crippen MR) is 72.1 cm³/mol. The van der Waals surface area contributed by atoms with E-state index in [1.54, 1.807) is 0 Å². The number of halogens is 1. The Labute approximate surface area is 118 Å². The number of fused-ring (bicyclic) bond motifs is 1. The minimum Gasteiger partial charge on any atom is -0.300 e. The first kappa shape index (κ1) is 13.9. The lowest BCUT2D eigenvalue weighted by molar-refractivity contribution is 0.176. The van der Waals surface area contributed by atoms with E-state index >= 15 is 0 Å². The van der Waals surface area contributed by atoms with Crippen LogP contribution in [0.2, 0.25) is 0 Å². The number of sulfonamides is 1. The average Bonchev–Trinajstić information content (AvgIpc) is 2.86. The van der Waals surface area contributed by atoms with Gasteiger partial charge in [0, 0.05) is 18.3 Å². The molecule has 0 bridgehead atoms. The maximum Gasteiger partial charge on any atom is 0.261 e. The van der Waals surface area contributed by atoms with Crippen LogP contribution in [0.15, 0.2) is 23.4 Å². The van der Waals surface area contributed by atoms with Crippen molar-refractivity contribution in [1.82, 2.24) is 14.6 Å². The van der Waals surface area contributed by atoms with Gasteiger partial charge in [-0.25, -0.2) is 22.5 Å². The molecule has 2 fully saturated rings. The average molecular weight is 299 g/mol. The van der Waals surface area contributed by atoms with Crippen LogP contribution in [0.4, 0.5) is 4.39 Å². The van der Waals surface area contributed by atoms with Crippen molar-refractivity contribution in [2.24, 2.45) is 0 Å². The second-order valence-corrected chi connectivity index (χ2v) is 7.09. The van der Waals surface area contributed by atoms with Crippen LogP contribution in [0.25, 0.3) is 0 Å². The van der Waals surface area contributed by atoms with Crippen molar-refractivity contribution in [2.75, 3.05) is 13.1 Å². The summed E-state index contributed by atoms with van der Waals surface area (Å²) in [6.07, 6.45) is 5.16. The minimum atomic E-state index is -3.87. The summed E-state index contributed by atoms with van der Waals surface area (Å²) in [5.74, 6) is -0.807. The van der Waals surface area contributed by atoms with Gasteiger partial charge >= 0.3 is 0 Å². The number of hydrogen-bond donors (Lipinski definition) is 1. The zero-order valence-corrected chi connectivity index (χ0v) is 11.9. The van der Waals surface area contributed by atoms with E-state index in [-0.39, 0.29) is 6.04 Å². The number of hydrogen-bond acceptors (Lipinski definition) is 4. The normalized spacial score (nSPS) is 27.4. The molecule has 2 unspecified atom stereocenters. The van der Waals surface area contributed by atoms with Gasteiger partial charge in [-0.3, -0.25) is 0 Å². The van der Waals surface area contributed by atoms with Gasteiger partial charge in [0.1, 0.15) is 0 Å². The van der Waals surface area contributed by atoms with Crippen molar-refractivity contribution in [3.8, 4) is 0 Å². The lowest BCUT2D eigenvalue weighted by atomic mass is 9.99. The fourth-order valence-corrected chi connectivity index (χ4v) is 4.46. The summed E-state index contributed by atoms with van der Waals surface area (Å²) in [6.45, 7) is 2.02. The van der Waals surface area contributed by atoms with E-state index in [0.29, 0.717) is 6.04 Å². The molecule has 3 rings (SSSR count). The fourth-order valence-electron chi connectivity index (χ4n) is 3.18. The Morgan fingerprint density at radius 2 is 2.20 bits per heavy atom. The molecule has 5 nitrogen and oxygen atoms in total. The van der Waals surface area contributed by atoms with Gasteiger partial charge in [-0.05, 0) is 50.9 Å². The summed E-state index contributed by atoms with van der Waals surface area (Å²) in [5.41, 5.74) is 0. The van der Waals surface area contributed by atoms with Gasteiger partial charge in [0.2, 0.25) is 5.03 Å². The molecule has 0 aromatic carbocycles. The van der Waals surface area contributed by atoms with Gasteiger partial charge in [-0.15, -0.1) is 0 Å². The number of aromatic nitrogens is 1. The molecule has 2 atom stereocenters. The summed E-state index contributed by atoms with van der Waals surface area (Å²) < 4.78 is 40.5. The molecule has 1 aromatic rings. The van der Waals surface area contributed by atoms with E-state index in [2.05, 4.69) is 14.6 Å². The van der Waals surface area contributed by atoms with Crippen LogP contribution in [0.1, 0.15) is 25.7 Å².